The normalized spacial score (nSPS) is 10.8. The van der Waals surface area contributed by atoms with Gasteiger partial charge in [-0.2, -0.15) is 0 Å². The number of benzene rings is 1. The van der Waals surface area contributed by atoms with Crippen LogP contribution >= 0.6 is 11.3 Å². The smallest absolute Gasteiger partial charge is 0.129 e. The fraction of sp³-hybridized carbons (Fsp3) is 0.111. The summed E-state index contributed by atoms with van der Waals surface area (Å²) in [7, 11) is 0. The van der Waals surface area contributed by atoms with Crippen molar-refractivity contribution in [2.24, 2.45) is 0 Å². The van der Waals surface area contributed by atoms with Crippen molar-refractivity contribution in [3.63, 3.8) is 0 Å². The van der Waals surface area contributed by atoms with Gasteiger partial charge in [0.1, 0.15) is 5.75 Å². The van der Waals surface area contributed by atoms with Crippen molar-refractivity contribution in [2.45, 2.75) is 6.61 Å². The van der Waals surface area contributed by atoms with E-state index in [2.05, 4.69) is 0 Å². The first-order valence-corrected chi connectivity index (χ1v) is 4.50. The average molecular weight is 180 g/mol. The first-order chi connectivity index (χ1) is 5.83. The lowest BCUT2D eigenvalue weighted by Gasteiger charge is -2.00. The number of aromatic hydroxyl groups is 1. The van der Waals surface area contributed by atoms with Crippen LogP contribution in [0.4, 0.5) is 0 Å². The first-order valence-electron chi connectivity index (χ1n) is 3.62. The number of hydrogen-bond acceptors (Lipinski definition) is 3. The number of thiophene rings is 1. The van der Waals surface area contributed by atoms with E-state index >= 15 is 0 Å². The van der Waals surface area contributed by atoms with Gasteiger partial charge < -0.3 is 10.2 Å². The highest BCUT2D eigenvalue weighted by atomic mass is 32.1. The molecule has 1 aromatic heterocycles. The highest BCUT2D eigenvalue weighted by Crippen LogP contribution is 2.31. The van der Waals surface area contributed by atoms with E-state index in [-0.39, 0.29) is 12.4 Å². The standard InChI is InChI=1S/C9H8O2S/c10-5-6-1-2-8-7(9(6)11)3-4-12-8/h1-4,10-11H,5H2. The molecule has 0 aliphatic heterocycles. The van der Waals surface area contributed by atoms with Crippen LogP contribution in [0.5, 0.6) is 5.75 Å². The van der Waals surface area contributed by atoms with E-state index in [1.54, 1.807) is 17.4 Å². The molecule has 2 nitrogen and oxygen atoms in total. The van der Waals surface area contributed by atoms with Crippen LogP contribution < -0.4 is 0 Å². The minimum atomic E-state index is -0.113. The Bertz CT molecular complexity index is 406. The van der Waals surface area contributed by atoms with Crippen LogP contribution in [0.25, 0.3) is 10.1 Å². The second-order valence-corrected chi connectivity index (χ2v) is 3.51. The summed E-state index contributed by atoms with van der Waals surface area (Å²) in [4.78, 5) is 0. The van der Waals surface area contributed by atoms with E-state index in [0.29, 0.717) is 5.56 Å². The van der Waals surface area contributed by atoms with Gasteiger partial charge in [0.2, 0.25) is 0 Å². The molecule has 1 heterocycles. The van der Waals surface area contributed by atoms with E-state index < -0.39 is 0 Å². The van der Waals surface area contributed by atoms with Crippen LogP contribution in [0.3, 0.4) is 0 Å². The third-order valence-electron chi connectivity index (χ3n) is 1.86. The maximum Gasteiger partial charge on any atom is 0.129 e. The van der Waals surface area contributed by atoms with E-state index in [0.717, 1.165) is 10.1 Å². The van der Waals surface area contributed by atoms with Crippen molar-refractivity contribution < 1.29 is 10.2 Å². The molecular weight excluding hydrogens is 172 g/mol. The average Bonchev–Trinajstić information content (AvgIpc) is 2.53. The summed E-state index contributed by atoms with van der Waals surface area (Å²) in [5, 5.41) is 21.2. The van der Waals surface area contributed by atoms with Gasteiger partial charge in [0.15, 0.2) is 0 Å². The lowest BCUT2D eigenvalue weighted by molar-refractivity contribution is 0.276. The van der Waals surface area contributed by atoms with Crippen LogP contribution in [0.15, 0.2) is 23.6 Å². The van der Waals surface area contributed by atoms with E-state index in [9.17, 15) is 5.11 Å². The number of phenols is 1. The van der Waals surface area contributed by atoms with Crippen LogP contribution in [0.2, 0.25) is 0 Å². The van der Waals surface area contributed by atoms with Crippen LogP contribution in [-0.2, 0) is 6.61 Å². The summed E-state index contributed by atoms with van der Waals surface area (Å²) in [5.41, 5.74) is 0.584. The first kappa shape index (κ1) is 7.58. The predicted octanol–water partition coefficient (Wildman–Crippen LogP) is 2.10. The molecule has 0 aliphatic carbocycles. The second kappa shape index (κ2) is 2.77. The SMILES string of the molecule is OCc1ccc2sccc2c1O. The molecule has 0 unspecified atom stereocenters. The Balaban J connectivity index is 2.78. The Labute approximate surface area is 73.7 Å². The van der Waals surface area contributed by atoms with Crippen molar-refractivity contribution in [2.75, 3.05) is 0 Å². The van der Waals surface area contributed by atoms with Gasteiger partial charge in [-0.1, -0.05) is 6.07 Å². The Kier molecular flexibility index (Phi) is 1.75. The quantitative estimate of drug-likeness (QED) is 0.705. The predicted molar refractivity (Wildman–Crippen MR) is 49.4 cm³/mol. The minimum Gasteiger partial charge on any atom is -0.507 e. The maximum atomic E-state index is 9.59. The van der Waals surface area contributed by atoms with Gasteiger partial charge in [0.05, 0.1) is 6.61 Å². The number of rotatable bonds is 1. The molecule has 0 fully saturated rings. The van der Waals surface area contributed by atoms with Gasteiger partial charge in [0, 0.05) is 15.6 Å². The van der Waals surface area contributed by atoms with Crippen molar-refractivity contribution in [1.29, 1.82) is 0 Å². The molecule has 62 valence electrons. The molecule has 0 saturated carbocycles. The zero-order chi connectivity index (χ0) is 8.55. The van der Waals surface area contributed by atoms with Gasteiger partial charge in [-0.05, 0) is 17.5 Å². The molecule has 0 spiro atoms. The Morgan fingerprint density at radius 1 is 1.25 bits per heavy atom. The fourth-order valence-electron chi connectivity index (χ4n) is 1.20. The molecule has 0 atom stereocenters. The summed E-state index contributed by atoms with van der Waals surface area (Å²) >= 11 is 1.58. The molecular formula is C9H8O2S. The summed E-state index contributed by atoms with van der Waals surface area (Å²) in [6, 6.07) is 5.51. The van der Waals surface area contributed by atoms with Gasteiger partial charge in [0.25, 0.3) is 0 Å². The molecule has 1 aromatic carbocycles. The van der Waals surface area contributed by atoms with Crippen molar-refractivity contribution in [3.8, 4) is 5.75 Å². The zero-order valence-corrected chi connectivity index (χ0v) is 7.14. The Morgan fingerprint density at radius 3 is 2.83 bits per heavy atom. The molecule has 3 heteroatoms. The fourth-order valence-corrected chi connectivity index (χ4v) is 1.99. The van der Waals surface area contributed by atoms with Crippen LogP contribution in [0.1, 0.15) is 5.56 Å². The largest absolute Gasteiger partial charge is 0.507 e. The summed E-state index contributed by atoms with van der Waals surface area (Å²) < 4.78 is 1.05. The molecule has 0 bridgehead atoms. The molecule has 12 heavy (non-hydrogen) atoms. The van der Waals surface area contributed by atoms with Gasteiger partial charge in [-0.15, -0.1) is 11.3 Å². The second-order valence-electron chi connectivity index (χ2n) is 2.56. The molecule has 2 aromatic rings. The summed E-state index contributed by atoms with van der Waals surface area (Å²) in [5.74, 6) is 0.205. The van der Waals surface area contributed by atoms with Crippen molar-refractivity contribution in [1.82, 2.24) is 0 Å². The van der Waals surface area contributed by atoms with E-state index in [1.165, 1.54) is 0 Å². The topological polar surface area (TPSA) is 40.5 Å². The van der Waals surface area contributed by atoms with Gasteiger partial charge >= 0.3 is 0 Å². The number of hydrogen-bond donors (Lipinski definition) is 2. The van der Waals surface area contributed by atoms with E-state index in [1.807, 2.05) is 17.5 Å². The molecule has 0 amide bonds. The summed E-state index contributed by atoms with van der Waals surface area (Å²) in [6.45, 7) is -0.113. The number of fused-ring (bicyclic) bond motifs is 1. The van der Waals surface area contributed by atoms with Gasteiger partial charge in [-0.25, -0.2) is 0 Å². The third-order valence-corrected chi connectivity index (χ3v) is 2.74. The third kappa shape index (κ3) is 0.983. The molecule has 0 radical (unpaired) electrons. The Morgan fingerprint density at radius 2 is 2.08 bits per heavy atom. The maximum absolute atomic E-state index is 9.59. The molecule has 0 aliphatic rings. The monoisotopic (exact) mass is 180 g/mol. The number of aliphatic hydroxyl groups is 1. The highest BCUT2D eigenvalue weighted by Gasteiger charge is 2.05. The van der Waals surface area contributed by atoms with Gasteiger partial charge in [-0.3, -0.25) is 0 Å². The summed E-state index contributed by atoms with van der Waals surface area (Å²) in [6.07, 6.45) is 0. The highest BCUT2D eigenvalue weighted by molar-refractivity contribution is 7.17. The van der Waals surface area contributed by atoms with Crippen molar-refractivity contribution >= 4 is 21.4 Å². The molecule has 2 rings (SSSR count). The minimum absolute atomic E-state index is 0.113. The number of aliphatic hydroxyl groups excluding tert-OH is 1. The van der Waals surface area contributed by atoms with E-state index in [4.69, 9.17) is 5.11 Å². The lowest BCUT2D eigenvalue weighted by atomic mass is 10.1. The van der Waals surface area contributed by atoms with Crippen LogP contribution in [-0.4, -0.2) is 10.2 Å². The molecule has 2 N–H and O–H groups in total. The molecule has 0 saturated heterocycles. The zero-order valence-electron chi connectivity index (χ0n) is 6.32. The van der Waals surface area contributed by atoms with Crippen LogP contribution in [0, 0.1) is 0 Å². The Hall–Kier alpha value is -1.06. The lowest BCUT2D eigenvalue weighted by Crippen LogP contribution is -1.82. The van der Waals surface area contributed by atoms with Crippen molar-refractivity contribution in [3.05, 3.63) is 29.1 Å².